The molecule has 4 aromatic carbocycles. The van der Waals surface area contributed by atoms with Crippen molar-refractivity contribution in [2.75, 3.05) is 155 Å². The van der Waals surface area contributed by atoms with Gasteiger partial charge in [0, 0.05) is 147 Å². The zero-order valence-electron chi connectivity index (χ0n) is 81.2. The van der Waals surface area contributed by atoms with Crippen molar-refractivity contribution in [1.29, 1.82) is 0 Å². The van der Waals surface area contributed by atoms with Crippen molar-refractivity contribution in [3.8, 4) is 79.5 Å². The fraction of sp³-hybridized carbons (Fsp3) is 0.481. The van der Waals surface area contributed by atoms with Gasteiger partial charge in [-0.05, 0) is 250 Å². The second-order valence-electron chi connectivity index (χ2n) is 37.3. The van der Waals surface area contributed by atoms with Gasteiger partial charge in [-0.25, -0.2) is 18.7 Å². The maximum Gasteiger partial charge on any atom is 0.254 e. The molecule has 0 bridgehead atoms. The summed E-state index contributed by atoms with van der Waals surface area (Å²) in [5.74, 6) is 7.34. The fourth-order valence-electron chi connectivity index (χ4n) is 22.0. The second-order valence-corrected chi connectivity index (χ2v) is 37.7. The number of benzene rings is 4. The van der Waals surface area contributed by atoms with E-state index in [9.17, 15) is 28.8 Å². The fourth-order valence-corrected chi connectivity index (χ4v) is 22.2. The molecule has 13 heterocycles. The maximum atomic E-state index is 12.8. The van der Waals surface area contributed by atoms with Gasteiger partial charge in [0.1, 0.15) is 103 Å². The quantitative estimate of drug-likeness (QED) is 0.0175. The van der Waals surface area contributed by atoms with E-state index >= 15 is 0 Å². The van der Waals surface area contributed by atoms with Crippen LogP contribution in [-0.4, -0.2) is 228 Å². The first-order valence-electron chi connectivity index (χ1n) is 48.4. The first-order valence-corrected chi connectivity index (χ1v) is 48.8. The average molecular weight is 1910 g/mol. The smallest absolute Gasteiger partial charge is 0.254 e. The molecule has 138 heavy (non-hydrogen) atoms. The molecule has 1 saturated carbocycles. The van der Waals surface area contributed by atoms with Crippen LogP contribution in [0.2, 0.25) is 5.02 Å². The van der Waals surface area contributed by atoms with Crippen molar-refractivity contribution in [3.05, 3.63) is 179 Å². The van der Waals surface area contributed by atoms with Crippen LogP contribution >= 0.6 is 11.6 Å². The zero-order valence-corrected chi connectivity index (χ0v) is 82.0. The Kier molecular flexibility index (Phi) is 31.4. The number of aromatic nitrogens is 8. The molecule has 33 nitrogen and oxygen atoms in total. The van der Waals surface area contributed by atoms with Crippen LogP contribution in [0.4, 0.5) is 23.3 Å². The number of halogens is 1. The highest BCUT2D eigenvalue weighted by molar-refractivity contribution is 6.32. The highest BCUT2D eigenvalue weighted by atomic mass is 35.5. The molecule has 4 atom stereocenters. The number of nitrogens with one attached hydrogen (secondary N) is 4. The number of nitrogens with zero attached hydrogens (tertiary/aromatic N) is 12. The Morgan fingerprint density at radius 2 is 0.674 bits per heavy atom. The number of nitrogens with two attached hydrogens (primary N) is 4. The minimum Gasteiger partial charge on any atom is -0.496 e. The van der Waals surface area contributed by atoms with Crippen LogP contribution in [-0.2, 0) is 14.3 Å². The molecule has 736 valence electrons. The summed E-state index contributed by atoms with van der Waals surface area (Å²) in [5.41, 5.74) is 37.4. The monoisotopic (exact) mass is 1910 g/mol. The minimum absolute atomic E-state index is 0.0227. The summed E-state index contributed by atoms with van der Waals surface area (Å²) in [5, 5.41) is 33.9. The highest BCUT2D eigenvalue weighted by Crippen LogP contribution is 2.53. The number of carbonyl (C=O) groups excluding carboxylic acids is 6. The Balaban J connectivity index is 0.000000140. The standard InChI is InChI=1S/C28H37N5O5.C27H35N5O4.C25H33N5O2.C24H30ClN5O2/c1-4-23(34)32-11-6-17(7-12-32)20-5-10-30-28-25(27(29)35)26(31-33(20)28)19-15-21(36-2)24(22(16-19)37-3)18-8-13-38-14-9-18;1-4-22(33)31-12-9-16(10-13-31)19-8-11-29-27-24(26(28)34)25(30-32(19)27)18-14-20(35-3)23(17-6-7-17)21(15-18)36-5-2;1-6-16(3)29-11-8-18(9-12-29)20-7-10-27-25-22(24(26)31)23(28-30(20)25)19-13-15(2)17(4)21(14-19)32-5;1-5-14(2)29-10-7-16(8-11-29)19-6-9-27-24-21(23(26)31)22(28-30(19)24)17-12-18(25)15(3)20(13-17)32-4/h4,15-18,20,30H,1,5-14H2,2-3H3,(H2,29,35);4,14-17,19,29H,1,5-13H2,2-3H3,(H2,28,34);6,13-14,18,20,27H,1,3,7-12H2,2,4-5H3,(H2,26,31);5,12-13,16,19,27H,1-2,6-11H2,3-4H3,(H2,26,31). The largest absolute Gasteiger partial charge is 0.496 e. The molecule has 6 amide bonds. The molecule has 5 saturated heterocycles. The number of amides is 6. The third-order valence-corrected chi connectivity index (χ3v) is 30.0. The lowest BCUT2D eigenvalue weighted by molar-refractivity contribution is -0.128. The number of likely N-dealkylation sites (tertiary alicyclic amines) is 4. The maximum absolute atomic E-state index is 12.8. The zero-order chi connectivity index (χ0) is 98.2. The van der Waals surface area contributed by atoms with Crippen LogP contribution in [0.1, 0.15) is 215 Å². The molecule has 1 aliphatic carbocycles. The Hall–Kier alpha value is -13.2. The molecule has 4 unspecified atom stereocenters. The molecule has 10 aliphatic rings. The Bertz CT molecular complexity index is 5750. The third kappa shape index (κ3) is 20.4. The third-order valence-electron chi connectivity index (χ3n) is 29.6. The molecule has 34 heteroatoms. The molecule has 6 fully saturated rings. The van der Waals surface area contributed by atoms with E-state index in [1.54, 1.807) is 35.5 Å². The van der Waals surface area contributed by atoms with Crippen LogP contribution < -0.4 is 72.6 Å². The van der Waals surface area contributed by atoms with Crippen molar-refractivity contribution in [1.82, 2.24) is 58.7 Å². The van der Waals surface area contributed by atoms with Gasteiger partial charge in [0.25, 0.3) is 23.6 Å². The van der Waals surface area contributed by atoms with Crippen molar-refractivity contribution in [2.45, 2.75) is 166 Å². The summed E-state index contributed by atoms with van der Waals surface area (Å²) in [4.78, 5) is 82.9. The molecule has 9 aliphatic heterocycles. The van der Waals surface area contributed by atoms with E-state index in [1.807, 2.05) is 117 Å². The van der Waals surface area contributed by atoms with Gasteiger partial charge >= 0.3 is 0 Å². The number of fused-ring (bicyclic) bond motifs is 4. The highest BCUT2D eigenvalue weighted by Gasteiger charge is 2.43. The van der Waals surface area contributed by atoms with Crippen LogP contribution in [0.3, 0.4) is 0 Å². The average Bonchev–Trinajstić information content (AvgIpc) is 1.60. The van der Waals surface area contributed by atoms with E-state index in [-0.39, 0.29) is 41.9 Å². The van der Waals surface area contributed by atoms with Crippen LogP contribution in [0.25, 0.3) is 45.0 Å². The van der Waals surface area contributed by atoms with E-state index in [0.29, 0.717) is 166 Å². The number of aryl methyl sites for hydroxylation is 1. The summed E-state index contributed by atoms with van der Waals surface area (Å²) < 4.78 is 47.9. The van der Waals surface area contributed by atoms with E-state index in [2.05, 4.69) is 70.5 Å². The Labute approximate surface area is 813 Å². The number of anilines is 4. The van der Waals surface area contributed by atoms with Gasteiger partial charge in [0.05, 0.1) is 66.3 Å². The second kappa shape index (κ2) is 43.7. The molecule has 0 spiro atoms. The number of ether oxygens (including phenoxy) is 7. The summed E-state index contributed by atoms with van der Waals surface area (Å²) in [6.45, 7) is 42.5. The van der Waals surface area contributed by atoms with Crippen molar-refractivity contribution >= 4 is 70.3 Å². The van der Waals surface area contributed by atoms with E-state index in [1.165, 1.54) is 12.2 Å². The van der Waals surface area contributed by atoms with Gasteiger partial charge in [-0.3, -0.25) is 28.8 Å². The number of primary amides is 4. The number of hydrogen-bond acceptors (Lipinski definition) is 23. The lowest BCUT2D eigenvalue weighted by Gasteiger charge is -2.39. The summed E-state index contributed by atoms with van der Waals surface area (Å²) in [6, 6.07) is 16.1. The molecule has 4 aromatic heterocycles. The minimum atomic E-state index is -0.535. The van der Waals surface area contributed by atoms with Gasteiger partial charge in [-0.2, -0.15) is 20.4 Å². The van der Waals surface area contributed by atoms with E-state index in [0.717, 1.165) is 234 Å². The SMILES string of the molecule is C=CC(=C)N1CCC(C2CCNc3c(C(N)=O)c(-c4cc(C)c(C)c(OC)c4)nn32)CC1.C=CC(=C)N1CCC(C2CCNc3c(C(N)=O)c(-c4cc(Cl)c(C)c(OC)c4)nn32)CC1.C=CC(=O)N1CCC(C2CCNc3c(C(N)=O)c(-c4cc(OC)c(C5CC5)c(OCC)c4)nn32)CC1.C=CC(=O)N1CCC(C2CCNc3c(C(N)=O)c(-c4cc(OC)c(C5CCOCC5)c(OC)c4)nn32)CC1. The van der Waals surface area contributed by atoms with Gasteiger partial charge < -0.3 is 97.0 Å². The van der Waals surface area contributed by atoms with Gasteiger partial charge in [-0.15, -0.1) is 0 Å². The van der Waals surface area contributed by atoms with Crippen LogP contribution in [0.15, 0.2) is 124 Å². The summed E-state index contributed by atoms with van der Waals surface area (Å²) in [6.07, 6.45) is 21.7. The summed E-state index contributed by atoms with van der Waals surface area (Å²) in [7, 11) is 8.21. The Morgan fingerprint density at radius 3 is 0.971 bits per heavy atom. The van der Waals surface area contributed by atoms with Gasteiger partial charge in [0.15, 0.2) is 0 Å². The predicted octanol–water partition coefficient (Wildman–Crippen LogP) is 15.5. The number of piperidine rings is 4. The number of rotatable bonds is 27. The molecule has 8 aromatic rings. The molecule has 0 radical (unpaired) electrons. The number of methoxy groups -OCH3 is 5. The number of carbonyl (C=O) groups is 6. The van der Waals surface area contributed by atoms with Crippen molar-refractivity contribution in [3.63, 3.8) is 0 Å². The molecule has 12 N–H and O–H groups in total. The van der Waals surface area contributed by atoms with E-state index < -0.39 is 23.6 Å². The first kappa shape index (κ1) is 99.3. The lowest BCUT2D eigenvalue weighted by Crippen LogP contribution is -2.41. The normalized spacial score (nSPS) is 19.4. The summed E-state index contributed by atoms with van der Waals surface area (Å²) >= 11 is 6.44. The van der Waals surface area contributed by atoms with Gasteiger partial charge in [-0.1, -0.05) is 51.1 Å². The molecular weight excluding hydrogens is 1770 g/mol. The van der Waals surface area contributed by atoms with E-state index in [4.69, 9.17) is 88.1 Å². The van der Waals surface area contributed by atoms with Crippen LogP contribution in [0.5, 0.6) is 34.5 Å². The number of allylic oxidation sites excluding steroid dienone is 2. The predicted molar refractivity (Wildman–Crippen MR) is 537 cm³/mol. The van der Waals surface area contributed by atoms with Crippen molar-refractivity contribution < 1.29 is 61.9 Å². The lowest BCUT2D eigenvalue weighted by atomic mass is 9.86. The molecular formula is C104H135ClN20O13. The topological polar surface area (TPSA) is 403 Å². The number of hydrogen-bond donors (Lipinski definition) is 8. The Morgan fingerprint density at radius 1 is 0.391 bits per heavy atom. The van der Waals surface area contributed by atoms with Crippen molar-refractivity contribution in [2.24, 2.45) is 46.6 Å². The van der Waals surface area contributed by atoms with Crippen LogP contribution in [0, 0.1) is 44.4 Å². The molecule has 18 rings (SSSR count). The first-order chi connectivity index (χ1) is 66.6. The van der Waals surface area contributed by atoms with Gasteiger partial charge in [0.2, 0.25) is 11.8 Å².